The molecule has 0 unspecified atom stereocenters. The molecule has 5 nitrogen and oxygen atoms in total. The Morgan fingerprint density at radius 2 is 2.25 bits per heavy atom. The predicted molar refractivity (Wildman–Crippen MR) is 59.7 cm³/mol. The fourth-order valence-corrected chi connectivity index (χ4v) is 1.49. The molecule has 2 aromatic rings. The molecule has 3 N–H and O–H groups in total. The topological polar surface area (TPSA) is 85.2 Å². The number of aliphatic hydroxyl groups excluding tert-OH is 1. The summed E-state index contributed by atoms with van der Waals surface area (Å²) in [6.07, 6.45) is 0.400. The maximum atomic E-state index is 8.75. The van der Waals surface area contributed by atoms with Crippen molar-refractivity contribution in [2.45, 2.75) is 13.3 Å². The lowest BCUT2D eigenvalue weighted by Gasteiger charge is -2.00. The van der Waals surface area contributed by atoms with Gasteiger partial charge in [-0.1, -0.05) is 5.16 Å². The van der Waals surface area contributed by atoms with Gasteiger partial charge in [-0.3, -0.25) is 0 Å². The average Bonchev–Trinajstić information content (AvgIpc) is 2.67. The lowest BCUT2D eigenvalue weighted by Crippen LogP contribution is -1.93. The third-order valence-corrected chi connectivity index (χ3v) is 2.28. The van der Waals surface area contributed by atoms with Crippen LogP contribution in [-0.2, 0) is 6.42 Å². The van der Waals surface area contributed by atoms with Crippen LogP contribution in [0.4, 0.5) is 5.69 Å². The fourth-order valence-electron chi connectivity index (χ4n) is 1.49. The van der Waals surface area contributed by atoms with Gasteiger partial charge in [0, 0.05) is 17.7 Å². The highest BCUT2D eigenvalue weighted by atomic mass is 16.5. The molecule has 84 valence electrons. The van der Waals surface area contributed by atoms with Gasteiger partial charge in [-0.25, -0.2) is 0 Å². The third kappa shape index (κ3) is 2.04. The van der Waals surface area contributed by atoms with E-state index in [1.54, 1.807) is 6.07 Å². The van der Waals surface area contributed by atoms with Gasteiger partial charge in [0.15, 0.2) is 5.82 Å². The van der Waals surface area contributed by atoms with Gasteiger partial charge in [0.1, 0.15) is 0 Å². The second kappa shape index (κ2) is 4.32. The highest BCUT2D eigenvalue weighted by molar-refractivity contribution is 5.62. The van der Waals surface area contributed by atoms with E-state index in [2.05, 4.69) is 10.1 Å². The van der Waals surface area contributed by atoms with Gasteiger partial charge in [0.25, 0.3) is 5.89 Å². The zero-order valence-corrected chi connectivity index (χ0v) is 8.97. The van der Waals surface area contributed by atoms with E-state index in [1.165, 1.54) is 0 Å². The summed E-state index contributed by atoms with van der Waals surface area (Å²) in [5.74, 6) is 0.967. The molecule has 1 heterocycles. The van der Waals surface area contributed by atoms with Crippen molar-refractivity contribution < 1.29 is 9.63 Å². The molecule has 0 radical (unpaired) electrons. The number of rotatable bonds is 3. The van der Waals surface area contributed by atoms with Crippen molar-refractivity contribution in [1.29, 1.82) is 0 Å². The SMILES string of the molecule is Cc1cc(N)ccc1-c1nc(CCO)no1. The quantitative estimate of drug-likeness (QED) is 0.756. The van der Waals surface area contributed by atoms with Crippen LogP contribution >= 0.6 is 0 Å². The Balaban J connectivity index is 2.35. The van der Waals surface area contributed by atoms with E-state index in [0.717, 1.165) is 11.1 Å². The Morgan fingerprint density at radius 3 is 2.94 bits per heavy atom. The van der Waals surface area contributed by atoms with Gasteiger partial charge in [0.2, 0.25) is 0 Å². The molecular weight excluding hydrogens is 206 g/mol. The van der Waals surface area contributed by atoms with E-state index in [-0.39, 0.29) is 6.61 Å². The van der Waals surface area contributed by atoms with Crippen LogP contribution in [0.5, 0.6) is 0 Å². The lowest BCUT2D eigenvalue weighted by atomic mass is 10.1. The lowest BCUT2D eigenvalue weighted by molar-refractivity contribution is 0.293. The maximum absolute atomic E-state index is 8.75. The van der Waals surface area contributed by atoms with Gasteiger partial charge >= 0.3 is 0 Å². The molecule has 0 saturated heterocycles. The second-order valence-corrected chi connectivity index (χ2v) is 3.56. The van der Waals surface area contributed by atoms with Gasteiger partial charge in [-0.2, -0.15) is 4.98 Å². The molecule has 0 amide bonds. The monoisotopic (exact) mass is 219 g/mol. The van der Waals surface area contributed by atoms with Crippen molar-refractivity contribution in [3.05, 3.63) is 29.6 Å². The summed E-state index contributed by atoms with van der Waals surface area (Å²) >= 11 is 0. The number of nitrogens with zero attached hydrogens (tertiary/aromatic N) is 2. The number of aliphatic hydroxyl groups is 1. The van der Waals surface area contributed by atoms with Gasteiger partial charge in [-0.05, 0) is 30.7 Å². The van der Waals surface area contributed by atoms with E-state index in [0.29, 0.717) is 23.8 Å². The van der Waals surface area contributed by atoms with Crippen molar-refractivity contribution in [3.63, 3.8) is 0 Å². The Hall–Kier alpha value is -1.88. The van der Waals surface area contributed by atoms with E-state index in [4.69, 9.17) is 15.4 Å². The molecule has 0 fully saturated rings. The number of nitrogens with two attached hydrogens (primary N) is 1. The Labute approximate surface area is 92.9 Å². The molecule has 16 heavy (non-hydrogen) atoms. The molecule has 5 heteroatoms. The van der Waals surface area contributed by atoms with Crippen molar-refractivity contribution in [2.75, 3.05) is 12.3 Å². The molecule has 0 aliphatic heterocycles. The summed E-state index contributed by atoms with van der Waals surface area (Å²) in [5, 5.41) is 12.5. The first-order valence-electron chi connectivity index (χ1n) is 5.00. The van der Waals surface area contributed by atoms with Crippen molar-refractivity contribution >= 4 is 5.69 Å². The predicted octanol–water partition coefficient (Wildman–Crippen LogP) is 1.16. The molecular formula is C11H13N3O2. The van der Waals surface area contributed by atoms with E-state index < -0.39 is 0 Å². The molecule has 1 aromatic carbocycles. The number of aryl methyl sites for hydroxylation is 1. The van der Waals surface area contributed by atoms with Crippen LogP contribution in [0.15, 0.2) is 22.7 Å². The summed E-state index contributed by atoms with van der Waals surface area (Å²) < 4.78 is 5.11. The van der Waals surface area contributed by atoms with E-state index in [9.17, 15) is 0 Å². The van der Waals surface area contributed by atoms with Crippen molar-refractivity contribution in [3.8, 4) is 11.5 Å². The largest absolute Gasteiger partial charge is 0.399 e. The smallest absolute Gasteiger partial charge is 0.258 e. The summed E-state index contributed by atoms with van der Waals surface area (Å²) in [6, 6.07) is 5.49. The second-order valence-electron chi connectivity index (χ2n) is 3.56. The van der Waals surface area contributed by atoms with Gasteiger partial charge in [0.05, 0.1) is 6.61 Å². The average molecular weight is 219 g/mol. The van der Waals surface area contributed by atoms with Gasteiger partial charge in [-0.15, -0.1) is 0 Å². The zero-order valence-electron chi connectivity index (χ0n) is 8.97. The minimum Gasteiger partial charge on any atom is -0.399 e. The Bertz CT molecular complexity index is 494. The molecule has 2 rings (SSSR count). The molecule has 0 atom stereocenters. The number of hydrogen-bond donors (Lipinski definition) is 2. The Morgan fingerprint density at radius 1 is 1.44 bits per heavy atom. The van der Waals surface area contributed by atoms with Crippen LogP contribution in [0.25, 0.3) is 11.5 Å². The third-order valence-electron chi connectivity index (χ3n) is 2.28. The van der Waals surface area contributed by atoms with Gasteiger partial charge < -0.3 is 15.4 Å². The highest BCUT2D eigenvalue weighted by Crippen LogP contribution is 2.23. The first kappa shape index (κ1) is 10.6. The fraction of sp³-hybridized carbons (Fsp3) is 0.273. The number of nitrogen functional groups attached to an aromatic ring is 1. The highest BCUT2D eigenvalue weighted by Gasteiger charge is 2.10. The zero-order chi connectivity index (χ0) is 11.5. The van der Waals surface area contributed by atoms with Crippen molar-refractivity contribution in [1.82, 2.24) is 10.1 Å². The summed E-state index contributed by atoms with van der Waals surface area (Å²) in [7, 11) is 0. The summed E-state index contributed by atoms with van der Waals surface area (Å²) in [5.41, 5.74) is 8.22. The first-order chi connectivity index (χ1) is 7.70. The van der Waals surface area contributed by atoms with Crippen LogP contribution in [0.1, 0.15) is 11.4 Å². The number of anilines is 1. The van der Waals surface area contributed by atoms with E-state index in [1.807, 2.05) is 19.1 Å². The minimum atomic E-state index is 0.0136. The molecule has 1 aromatic heterocycles. The number of hydrogen-bond acceptors (Lipinski definition) is 5. The normalized spacial score (nSPS) is 10.6. The summed E-state index contributed by atoms with van der Waals surface area (Å²) in [4.78, 5) is 4.18. The van der Waals surface area contributed by atoms with Crippen molar-refractivity contribution in [2.24, 2.45) is 0 Å². The minimum absolute atomic E-state index is 0.0136. The van der Waals surface area contributed by atoms with E-state index >= 15 is 0 Å². The number of aromatic nitrogens is 2. The van der Waals surface area contributed by atoms with Crippen LogP contribution < -0.4 is 5.73 Å². The van der Waals surface area contributed by atoms with Crippen LogP contribution in [-0.4, -0.2) is 21.9 Å². The Kier molecular flexibility index (Phi) is 2.87. The standard InChI is InChI=1S/C11H13N3O2/c1-7-6-8(12)2-3-9(7)11-13-10(4-5-15)14-16-11/h2-3,6,15H,4-5,12H2,1H3. The molecule has 0 bridgehead atoms. The van der Waals surface area contributed by atoms with Crippen LogP contribution in [0.3, 0.4) is 0 Å². The maximum Gasteiger partial charge on any atom is 0.258 e. The molecule has 0 aliphatic carbocycles. The van der Waals surface area contributed by atoms with Crippen LogP contribution in [0.2, 0.25) is 0 Å². The van der Waals surface area contributed by atoms with Crippen LogP contribution in [0, 0.1) is 6.92 Å². The molecule has 0 saturated carbocycles. The number of benzene rings is 1. The molecule has 0 aliphatic rings. The first-order valence-corrected chi connectivity index (χ1v) is 5.00. The molecule has 0 spiro atoms. The summed E-state index contributed by atoms with van der Waals surface area (Å²) in [6.45, 7) is 1.95.